The molecule has 1 unspecified atom stereocenters. The first-order valence-electron chi connectivity index (χ1n) is 7.90. The summed E-state index contributed by atoms with van der Waals surface area (Å²) < 4.78 is 12.8. The molecule has 4 nitrogen and oxygen atoms in total. The molecule has 0 aromatic heterocycles. The fraction of sp³-hybridized carbons (Fsp3) is 0.529. The number of hydrogen-bond donors (Lipinski definition) is 1. The van der Waals surface area contributed by atoms with E-state index >= 15 is 0 Å². The molecule has 6 heteroatoms. The van der Waals surface area contributed by atoms with E-state index in [1.807, 2.05) is 11.8 Å². The Bertz CT molecular complexity index is 516. The summed E-state index contributed by atoms with van der Waals surface area (Å²) in [5.74, 6) is -0.448. The van der Waals surface area contributed by atoms with Crippen LogP contribution in [-0.4, -0.2) is 42.3 Å². The Hall–Kier alpha value is -1.46. The van der Waals surface area contributed by atoms with Crippen molar-refractivity contribution in [1.82, 2.24) is 10.2 Å². The molecule has 1 fully saturated rings. The largest absolute Gasteiger partial charge is 0.338 e. The number of carbonyl (C=O) groups excluding carboxylic acids is 2. The lowest BCUT2D eigenvalue weighted by Crippen LogP contribution is -2.42. The average molecular weight is 343 g/mol. The van der Waals surface area contributed by atoms with E-state index in [1.54, 1.807) is 0 Å². The van der Waals surface area contributed by atoms with Gasteiger partial charge in [-0.15, -0.1) is 12.4 Å². The number of rotatable bonds is 7. The zero-order valence-electron chi connectivity index (χ0n) is 13.4. The first-order chi connectivity index (χ1) is 10.6. The highest BCUT2D eigenvalue weighted by atomic mass is 35.5. The molecule has 1 aliphatic heterocycles. The third-order valence-corrected chi connectivity index (χ3v) is 3.99. The van der Waals surface area contributed by atoms with Gasteiger partial charge in [-0.2, -0.15) is 0 Å². The summed E-state index contributed by atoms with van der Waals surface area (Å²) in [6, 6.07) is 5.71. The third-order valence-electron chi connectivity index (χ3n) is 3.99. The highest BCUT2D eigenvalue weighted by Gasteiger charge is 2.25. The van der Waals surface area contributed by atoms with Crippen molar-refractivity contribution in [2.45, 2.75) is 38.6 Å². The van der Waals surface area contributed by atoms with Crippen LogP contribution in [-0.2, 0) is 4.79 Å². The lowest BCUT2D eigenvalue weighted by Gasteiger charge is -2.28. The number of ketones is 1. The number of halogens is 2. The van der Waals surface area contributed by atoms with Crippen molar-refractivity contribution in [3.05, 3.63) is 35.6 Å². The Balaban J connectivity index is 0.00000264. The van der Waals surface area contributed by atoms with Crippen LogP contribution in [0, 0.1) is 5.82 Å². The van der Waals surface area contributed by atoms with Gasteiger partial charge in [0.15, 0.2) is 5.78 Å². The number of amides is 1. The summed E-state index contributed by atoms with van der Waals surface area (Å²) in [6.07, 6.45) is 2.27. The normalized spacial score (nSPS) is 16.7. The molecule has 0 aliphatic carbocycles. The van der Waals surface area contributed by atoms with E-state index in [0.29, 0.717) is 5.56 Å². The first kappa shape index (κ1) is 19.6. The van der Waals surface area contributed by atoms with Gasteiger partial charge in [0.2, 0.25) is 5.91 Å². The van der Waals surface area contributed by atoms with E-state index in [9.17, 15) is 14.0 Å². The number of hydrogen-bond acceptors (Lipinski definition) is 3. The molecule has 1 atom stereocenters. The molecule has 1 saturated heterocycles. The van der Waals surface area contributed by atoms with Crippen molar-refractivity contribution < 1.29 is 14.0 Å². The van der Waals surface area contributed by atoms with Gasteiger partial charge in [-0.25, -0.2) is 4.39 Å². The van der Waals surface area contributed by atoms with Gasteiger partial charge in [-0.3, -0.25) is 9.59 Å². The summed E-state index contributed by atoms with van der Waals surface area (Å²) in [5.41, 5.74) is 0.457. The van der Waals surface area contributed by atoms with Crippen molar-refractivity contribution in [1.29, 1.82) is 0 Å². The van der Waals surface area contributed by atoms with Crippen molar-refractivity contribution in [2.75, 3.05) is 19.6 Å². The van der Waals surface area contributed by atoms with Crippen molar-refractivity contribution >= 4 is 24.1 Å². The van der Waals surface area contributed by atoms with Crippen LogP contribution in [0.3, 0.4) is 0 Å². The highest BCUT2D eigenvalue weighted by Crippen LogP contribution is 2.13. The van der Waals surface area contributed by atoms with E-state index in [-0.39, 0.29) is 48.8 Å². The summed E-state index contributed by atoms with van der Waals surface area (Å²) in [5, 5.41) is 3.27. The van der Waals surface area contributed by atoms with Crippen LogP contribution in [0.1, 0.15) is 43.0 Å². The first-order valence-corrected chi connectivity index (χ1v) is 7.90. The van der Waals surface area contributed by atoms with Crippen LogP contribution < -0.4 is 5.32 Å². The van der Waals surface area contributed by atoms with Crippen LogP contribution in [0.4, 0.5) is 4.39 Å². The van der Waals surface area contributed by atoms with Crippen molar-refractivity contribution in [3.63, 3.8) is 0 Å². The van der Waals surface area contributed by atoms with E-state index in [0.717, 1.165) is 32.5 Å². The monoisotopic (exact) mass is 342 g/mol. The van der Waals surface area contributed by atoms with E-state index in [4.69, 9.17) is 0 Å². The Morgan fingerprint density at radius 2 is 1.96 bits per heavy atom. The smallest absolute Gasteiger partial charge is 0.223 e. The fourth-order valence-electron chi connectivity index (χ4n) is 2.80. The summed E-state index contributed by atoms with van der Waals surface area (Å²) in [4.78, 5) is 26.4. The predicted molar refractivity (Wildman–Crippen MR) is 90.5 cm³/mol. The molecular weight excluding hydrogens is 319 g/mol. The van der Waals surface area contributed by atoms with Crippen LogP contribution in [0.15, 0.2) is 24.3 Å². The molecular formula is C17H24ClFN2O2. The van der Waals surface area contributed by atoms with Gasteiger partial charge in [-0.05, 0) is 43.7 Å². The Kier molecular flexibility index (Phi) is 8.20. The number of nitrogens with one attached hydrogen (secondary N) is 1. The average Bonchev–Trinajstić information content (AvgIpc) is 3.04. The zero-order chi connectivity index (χ0) is 15.9. The predicted octanol–water partition coefficient (Wildman–Crippen LogP) is 2.81. The number of carbonyl (C=O) groups is 2. The number of nitrogens with zero attached hydrogens (tertiary/aromatic N) is 1. The maximum Gasteiger partial charge on any atom is 0.223 e. The second-order valence-electron chi connectivity index (χ2n) is 5.66. The van der Waals surface area contributed by atoms with Gasteiger partial charge in [0.05, 0.1) is 0 Å². The number of benzene rings is 1. The highest BCUT2D eigenvalue weighted by molar-refractivity contribution is 5.97. The molecule has 0 bridgehead atoms. The molecule has 0 radical (unpaired) electrons. The van der Waals surface area contributed by atoms with Crippen molar-refractivity contribution in [2.24, 2.45) is 0 Å². The minimum atomic E-state index is -0.365. The minimum absolute atomic E-state index is 0. The van der Waals surface area contributed by atoms with Crippen LogP contribution >= 0.6 is 12.4 Å². The maximum atomic E-state index is 12.8. The molecule has 0 spiro atoms. The van der Waals surface area contributed by atoms with Crippen molar-refractivity contribution in [3.8, 4) is 0 Å². The molecule has 23 heavy (non-hydrogen) atoms. The zero-order valence-corrected chi connectivity index (χ0v) is 14.2. The molecule has 2 rings (SSSR count). The van der Waals surface area contributed by atoms with E-state index < -0.39 is 0 Å². The van der Waals surface area contributed by atoms with E-state index in [1.165, 1.54) is 24.3 Å². The molecule has 1 amide bonds. The molecule has 1 aromatic carbocycles. The lowest BCUT2D eigenvalue weighted by molar-refractivity contribution is -0.133. The Morgan fingerprint density at radius 3 is 2.52 bits per heavy atom. The minimum Gasteiger partial charge on any atom is -0.338 e. The molecule has 1 aliphatic rings. The summed E-state index contributed by atoms with van der Waals surface area (Å²) >= 11 is 0. The molecule has 1 N–H and O–H groups in total. The summed E-state index contributed by atoms with van der Waals surface area (Å²) in [7, 11) is 0. The molecule has 0 saturated carbocycles. The molecule has 128 valence electrons. The van der Waals surface area contributed by atoms with Gasteiger partial charge in [-0.1, -0.05) is 6.92 Å². The van der Waals surface area contributed by atoms with Crippen LogP contribution in [0.2, 0.25) is 0 Å². The summed E-state index contributed by atoms with van der Waals surface area (Å²) in [6.45, 7) is 4.55. The van der Waals surface area contributed by atoms with E-state index in [2.05, 4.69) is 5.32 Å². The quantitative estimate of drug-likeness (QED) is 0.775. The Labute approximate surface area is 142 Å². The SMILES string of the molecule is CCCN(C(=O)CCC(=O)c1ccc(F)cc1)C1CCNC1.Cl. The number of Topliss-reactive ketones (excluding diaryl/α,β-unsaturated/α-hetero) is 1. The standard InChI is InChI=1S/C17H23FN2O2.ClH/c1-2-11-20(15-9-10-19-12-15)17(22)8-7-16(21)13-3-5-14(18)6-4-13;/h3-6,15,19H,2,7-12H2,1H3;1H. The molecule has 1 heterocycles. The topological polar surface area (TPSA) is 49.4 Å². The second kappa shape index (κ2) is 9.63. The van der Waals surface area contributed by atoms with Crippen LogP contribution in [0.25, 0.3) is 0 Å². The van der Waals surface area contributed by atoms with Gasteiger partial charge in [0.25, 0.3) is 0 Å². The maximum absolute atomic E-state index is 12.8. The lowest BCUT2D eigenvalue weighted by atomic mass is 10.1. The van der Waals surface area contributed by atoms with Gasteiger partial charge in [0, 0.05) is 37.5 Å². The fourth-order valence-corrected chi connectivity index (χ4v) is 2.80. The van der Waals surface area contributed by atoms with Gasteiger partial charge < -0.3 is 10.2 Å². The Morgan fingerprint density at radius 1 is 1.26 bits per heavy atom. The second-order valence-corrected chi connectivity index (χ2v) is 5.66. The molecule has 1 aromatic rings. The van der Waals surface area contributed by atoms with Gasteiger partial charge >= 0.3 is 0 Å². The van der Waals surface area contributed by atoms with Crippen LogP contribution in [0.5, 0.6) is 0 Å². The van der Waals surface area contributed by atoms with Gasteiger partial charge in [0.1, 0.15) is 5.82 Å². The third kappa shape index (κ3) is 5.59.